The van der Waals surface area contributed by atoms with Crippen molar-refractivity contribution in [3.8, 4) is 0 Å². The average molecular weight is 233 g/mol. The highest BCUT2D eigenvalue weighted by Crippen LogP contribution is 2.23. The second-order valence-electron chi connectivity index (χ2n) is 3.76. The van der Waals surface area contributed by atoms with Crippen LogP contribution >= 0.6 is 23.2 Å². The van der Waals surface area contributed by atoms with Crippen molar-refractivity contribution in [1.82, 2.24) is 0 Å². The molecule has 78 valence electrons. The smallest absolute Gasteiger partial charge is 0.0603 e. The van der Waals surface area contributed by atoms with Crippen LogP contribution in [0.5, 0.6) is 0 Å². The molecular weight excluding hydrogens is 219 g/mol. The Morgan fingerprint density at radius 2 is 1.86 bits per heavy atom. The van der Waals surface area contributed by atoms with Gasteiger partial charge >= 0.3 is 0 Å². The molecule has 0 heterocycles. The number of benzene rings is 1. The zero-order valence-corrected chi connectivity index (χ0v) is 9.81. The van der Waals surface area contributed by atoms with Crippen LogP contribution in [-0.2, 0) is 6.42 Å². The minimum atomic E-state index is -0.327. The molecule has 0 spiro atoms. The number of halogens is 2. The molecule has 0 radical (unpaired) electrons. The molecule has 0 fully saturated rings. The van der Waals surface area contributed by atoms with Crippen LogP contribution in [0.2, 0.25) is 10.0 Å². The van der Waals surface area contributed by atoms with Crippen molar-refractivity contribution >= 4 is 23.2 Å². The molecule has 14 heavy (non-hydrogen) atoms. The van der Waals surface area contributed by atoms with Gasteiger partial charge in [-0.15, -0.1) is 0 Å². The zero-order chi connectivity index (χ0) is 10.7. The highest BCUT2D eigenvalue weighted by Gasteiger charge is 2.10. The maximum Gasteiger partial charge on any atom is 0.0603 e. The fraction of sp³-hybridized carbons (Fsp3) is 0.455. The van der Waals surface area contributed by atoms with Gasteiger partial charge in [0, 0.05) is 0 Å². The lowest BCUT2D eigenvalue weighted by Gasteiger charge is -2.14. The molecule has 1 unspecified atom stereocenters. The van der Waals surface area contributed by atoms with Crippen molar-refractivity contribution in [2.24, 2.45) is 5.92 Å². The summed E-state index contributed by atoms with van der Waals surface area (Å²) in [4.78, 5) is 0. The normalized spacial score (nSPS) is 13.3. The van der Waals surface area contributed by atoms with E-state index in [-0.39, 0.29) is 12.0 Å². The van der Waals surface area contributed by atoms with Gasteiger partial charge in [-0.2, -0.15) is 0 Å². The van der Waals surface area contributed by atoms with Crippen LogP contribution in [-0.4, -0.2) is 11.2 Å². The molecule has 1 aromatic carbocycles. The summed E-state index contributed by atoms with van der Waals surface area (Å²) in [7, 11) is 0. The van der Waals surface area contributed by atoms with Gasteiger partial charge in [0.25, 0.3) is 0 Å². The fourth-order valence-electron chi connectivity index (χ4n) is 1.14. The topological polar surface area (TPSA) is 20.2 Å². The van der Waals surface area contributed by atoms with Crippen LogP contribution in [0.15, 0.2) is 18.2 Å². The summed E-state index contributed by atoms with van der Waals surface area (Å²) in [6, 6.07) is 5.45. The summed E-state index contributed by atoms with van der Waals surface area (Å²) < 4.78 is 0. The minimum Gasteiger partial charge on any atom is -0.393 e. The zero-order valence-electron chi connectivity index (χ0n) is 8.30. The van der Waals surface area contributed by atoms with E-state index < -0.39 is 0 Å². The van der Waals surface area contributed by atoms with Crippen LogP contribution in [0.3, 0.4) is 0 Å². The van der Waals surface area contributed by atoms with E-state index in [1.807, 2.05) is 19.9 Å². The molecule has 0 aliphatic heterocycles. The van der Waals surface area contributed by atoms with Gasteiger partial charge in [0.1, 0.15) is 0 Å². The third-order valence-corrected chi connectivity index (χ3v) is 2.94. The molecule has 0 aromatic heterocycles. The van der Waals surface area contributed by atoms with Gasteiger partial charge in [0.05, 0.1) is 16.1 Å². The predicted molar refractivity (Wildman–Crippen MR) is 61.0 cm³/mol. The van der Waals surface area contributed by atoms with Crippen LogP contribution in [0.4, 0.5) is 0 Å². The van der Waals surface area contributed by atoms with Crippen LogP contribution in [0, 0.1) is 5.92 Å². The van der Waals surface area contributed by atoms with Gasteiger partial charge in [-0.05, 0) is 30.0 Å². The summed E-state index contributed by atoms with van der Waals surface area (Å²) in [5.74, 6) is 0.254. The third kappa shape index (κ3) is 3.16. The summed E-state index contributed by atoms with van der Waals surface area (Å²) in [6.45, 7) is 3.98. The number of hydrogen-bond acceptors (Lipinski definition) is 1. The largest absolute Gasteiger partial charge is 0.393 e. The Hall–Kier alpha value is -0.240. The van der Waals surface area contributed by atoms with Crippen molar-refractivity contribution in [3.05, 3.63) is 33.8 Å². The first-order chi connectivity index (χ1) is 6.50. The Morgan fingerprint density at radius 3 is 2.36 bits per heavy atom. The van der Waals surface area contributed by atoms with E-state index in [0.29, 0.717) is 16.5 Å². The number of hydrogen-bond donors (Lipinski definition) is 1. The van der Waals surface area contributed by atoms with Crippen LogP contribution < -0.4 is 0 Å². The molecule has 1 N–H and O–H groups in total. The Morgan fingerprint density at radius 1 is 1.21 bits per heavy atom. The minimum absolute atomic E-state index is 0.254. The van der Waals surface area contributed by atoms with Gasteiger partial charge in [-0.25, -0.2) is 0 Å². The van der Waals surface area contributed by atoms with Crippen molar-refractivity contribution < 1.29 is 5.11 Å². The fourth-order valence-corrected chi connectivity index (χ4v) is 1.46. The standard InChI is InChI=1S/C11H14Cl2O/c1-7(2)11(14)6-8-3-4-9(12)10(13)5-8/h3-5,7,11,14H,6H2,1-2H3. The second-order valence-corrected chi connectivity index (χ2v) is 4.58. The first-order valence-electron chi connectivity index (χ1n) is 4.62. The number of rotatable bonds is 3. The lowest BCUT2D eigenvalue weighted by Crippen LogP contribution is -2.17. The summed E-state index contributed by atoms with van der Waals surface area (Å²) in [5.41, 5.74) is 1.01. The quantitative estimate of drug-likeness (QED) is 0.846. The molecule has 0 saturated heterocycles. The summed E-state index contributed by atoms with van der Waals surface area (Å²) >= 11 is 11.6. The molecule has 0 saturated carbocycles. The van der Waals surface area contributed by atoms with Gasteiger partial charge in [0.15, 0.2) is 0 Å². The van der Waals surface area contributed by atoms with E-state index in [4.69, 9.17) is 23.2 Å². The molecule has 1 atom stereocenters. The molecule has 0 aliphatic rings. The van der Waals surface area contributed by atoms with Crippen molar-refractivity contribution in [3.63, 3.8) is 0 Å². The van der Waals surface area contributed by atoms with E-state index in [1.165, 1.54) is 0 Å². The van der Waals surface area contributed by atoms with Crippen molar-refractivity contribution in [2.45, 2.75) is 26.4 Å². The number of aliphatic hydroxyl groups excluding tert-OH is 1. The molecule has 3 heteroatoms. The molecular formula is C11H14Cl2O. The van der Waals surface area contributed by atoms with Gasteiger partial charge < -0.3 is 5.11 Å². The van der Waals surface area contributed by atoms with Crippen LogP contribution in [0.1, 0.15) is 19.4 Å². The maximum atomic E-state index is 9.66. The van der Waals surface area contributed by atoms with Gasteiger partial charge in [-0.3, -0.25) is 0 Å². The molecule has 1 nitrogen and oxygen atoms in total. The highest BCUT2D eigenvalue weighted by atomic mass is 35.5. The first-order valence-corrected chi connectivity index (χ1v) is 5.38. The molecule has 0 amide bonds. The third-order valence-electron chi connectivity index (χ3n) is 2.20. The van der Waals surface area contributed by atoms with E-state index >= 15 is 0 Å². The van der Waals surface area contributed by atoms with Gasteiger partial charge in [0.2, 0.25) is 0 Å². The highest BCUT2D eigenvalue weighted by molar-refractivity contribution is 6.42. The maximum absolute atomic E-state index is 9.66. The first kappa shape index (κ1) is 11.8. The Labute approximate surface area is 94.7 Å². The SMILES string of the molecule is CC(C)C(O)Cc1ccc(Cl)c(Cl)c1. The summed E-state index contributed by atoms with van der Waals surface area (Å²) in [5, 5.41) is 10.8. The Bertz CT molecular complexity index is 310. The summed E-state index contributed by atoms with van der Waals surface area (Å²) in [6.07, 6.45) is 0.293. The second kappa shape index (κ2) is 5.01. The average Bonchev–Trinajstić information content (AvgIpc) is 2.11. The molecule has 0 aliphatic carbocycles. The van der Waals surface area contributed by atoms with E-state index in [2.05, 4.69) is 0 Å². The molecule has 1 rings (SSSR count). The monoisotopic (exact) mass is 232 g/mol. The van der Waals surface area contributed by atoms with Crippen molar-refractivity contribution in [1.29, 1.82) is 0 Å². The van der Waals surface area contributed by atoms with Crippen LogP contribution in [0.25, 0.3) is 0 Å². The predicted octanol–water partition coefficient (Wildman–Crippen LogP) is 3.55. The van der Waals surface area contributed by atoms with E-state index in [0.717, 1.165) is 5.56 Å². The lowest BCUT2D eigenvalue weighted by molar-refractivity contribution is 0.126. The Balaban J connectivity index is 2.73. The lowest BCUT2D eigenvalue weighted by atomic mass is 9.99. The Kier molecular flexibility index (Phi) is 4.24. The van der Waals surface area contributed by atoms with E-state index in [9.17, 15) is 5.11 Å². The van der Waals surface area contributed by atoms with Crippen molar-refractivity contribution in [2.75, 3.05) is 0 Å². The number of aliphatic hydroxyl groups is 1. The molecule has 1 aromatic rings. The van der Waals surface area contributed by atoms with E-state index in [1.54, 1.807) is 12.1 Å². The van der Waals surface area contributed by atoms with Gasteiger partial charge in [-0.1, -0.05) is 43.1 Å². The molecule has 0 bridgehead atoms.